The number of carbonyl (C=O) groups excluding carboxylic acids is 3. The molecular weight excluding hydrogens is 472 g/mol. The molecule has 0 heterocycles. The number of amides is 3. The molecule has 0 saturated carbocycles. The second kappa shape index (κ2) is 15.6. The van der Waals surface area contributed by atoms with Crippen molar-refractivity contribution in [2.24, 2.45) is 17.2 Å². The van der Waals surface area contributed by atoms with E-state index in [0.717, 1.165) is 5.56 Å². The average Bonchev–Trinajstić information content (AvgIpc) is 2.87. The van der Waals surface area contributed by atoms with Crippen LogP contribution in [0, 0.1) is 0 Å². The molecule has 2 aromatic carbocycles. The Hall–Kier alpha value is -3.47. The van der Waals surface area contributed by atoms with Crippen LogP contribution in [0.2, 0.25) is 0 Å². The number of aryl methyl sites for hydroxylation is 1. The van der Waals surface area contributed by atoms with E-state index in [-0.39, 0.29) is 37.4 Å². The van der Waals surface area contributed by atoms with Crippen LogP contribution in [0.15, 0.2) is 54.6 Å². The molecule has 2 atom stereocenters. The Morgan fingerprint density at radius 2 is 1.54 bits per heavy atom. The minimum atomic E-state index is -1.12. The summed E-state index contributed by atoms with van der Waals surface area (Å²) in [5, 5.41) is 5.57. The highest BCUT2D eigenvalue weighted by Gasteiger charge is 2.26. The van der Waals surface area contributed by atoms with Crippen molar-refractivity contribution < 1.29 is 19.1 Å². The predicted octanol–water partition coefficient (Wildman–Crippen LogP) is 0.993. The third-order valence-electron chi connectivity index (χ3n) is 5.57. The van der Waals surface area contributed by atoms with Crippen molar-refractivity contribution in [1.82, 2.24) is 10.2 Å². The highest BCUT2D eigenvalue weighted by atomic mass is 16.5. The normalized spacial score (nSPS) is 12.5. The number of anilines is 1. The average molecular weight is 513 g/mol. The third kappa shape index (κ3) is 10.6. The summed E-state index contributed by atoms with van der Waals surface area (Å²) in [5.74, 6) is -0.584. The van der Waals surface area contributed by atoms with Gasteiger partial charge in [0.25, 0.3) is 0 Å². The van der Waals surface area contributed by atoms with Gasteiger partial charge in [0.1, 0.15) is 11.8 Å². The summed E-state index contributed by atoms with van der Waals surface area (Å²) in [6, 6.07) is 14.7. The lowest BCUT2D eigenvalue weighted by atomic mass is 10.0. The van der Waals surface area contributed by atoms with Crippen LogP contribution in [-0.4, -0.2) is 67.0 Å². The summed E-state index contributed by atoms with van der Waals surface area (Å²) in [4.78, 5) is 40.1. The topological polar surface area (TPSA) is 166 Å². The molecule has 10 nitrogen and oxygen atoms in total. The van der Waals surface area contributed by atoms with Gasteiger partial charge in [-0.05, 0) is 56.5 Å². The van der Waals surface area contributed by atoms with E-state index in [1.165, 1.54) is 4.90 Å². The monoisotopic (exact) mass is 512 g/mol. The molecule has 0 fully saturated rings. The van der Waals surface area contributed by atoms with E-state index >= 15 is 0 Å². The van der Waals surface area contributed by atoms with Crippen molar-refractivity contribution >= 4 is 23.4 Å². The molecule has 10 heteroatoms. The van der Waals surface area contributed by atoms with Crippen molar-refractivity contribution in [3.8, 4) is 5.75 Å². The van der Waals surface area contributed by atoms with Gasteiger partial charge in [0, 0.05) is 31.9 Å². The molecule has 202 valence electrons. The van der Waals surface area contributed by atoms with Crippen LogP contribution >= 0.6 is 0 Å². The fourth-order valence-corrected chi connectivity index (χ4v) is 3.70. The highest BCUT2D eigenvalue weighted by molar-refractivity contribution is 5.98. The molecule has 2 rings (SSSR count). The Labute approximate surface area is 218 Å². The van der Waals surface area contributed by atoms with Gasteiger partial charge >= 0.3 is 0 Å². The molecule has 0 aliphatic carbocycles. The lowest BCUT2D eigenvalue weighted by Gasteiger charge is -2.24. The maximum atomic E-state index is 13.2. The quantitative estimate of drug-likeness (QED) is 0.237. The van der Waals surface area contributed by atoms with Gasteiger partial charge in [0.2, 0.25) is 17.7 Å². The number of nitrogens with zero attached hydrogens (tertiary/aromatic N) is 1. The molecule has 2 aromatic rings. The number of rotatable bonds is 15. The van der Waals surface area contributed by atoms with Crippen LogP contribution < -0.4 is 32.6 Å². The van der Waals surface area contributed by atoms with E-state index in [0.29, 0.717) is 37.4 Å². The Bertz CT molecular complexity index is 978. The number of hydrogen-bond donors (Lipinski definition) is 5. The molecule has 8 N–H and O–H groups in total. The van der Waals surface area contributed by atoms with Gasteiger partial charge in [0.05, 0.1) is 18.6 Å². The van der Waals surface area contributed by atoms with Crippen LogP contribution in [0.4, 0.5) is 5.69 Å². The zero-order valence-corrected chi connectivity index (χ0v) is 21.7. The van der Waals surface area contributed by atoms with Crippen molar-refractivity contribution in [1.29, 1.82) is 0 Å². The van der Waals surface area contributed by atoms with Gasteiger partial charge in [-0.2, -0.15) is 0 Å². The number of nitrogens with one attached hydrogen (secondary N) is 2. The molecule has 0 aliphatic heterocycles. The molecule has 0 aliphatic rings. The minimum absolute atomic E-state index is 0.0341. The van der Waals surface area contributed by atoms with E-state index in [4.69, 9.17) is 21.9 Å². The van der Waals surface area contributed by atoms with E-state index in [2.05, 4.69) is 10.6 Å². The largest absolute Gasteiger partial charge is 0.491 e. The van der Waals surface area contributed by atoms with Crippen LogP contribution in [0.5, 0.6) is 5.75 Å². The van der Waals surface area contributed by atoms with Gasteiger partial charge in [-0.3, -0.25) is 14.4 Å². The Morgan fingerprint density at radius 1 is 0.919 bits per heavy atom. The van der Waals surface area contributed by atoms with Crippen LogP contribution in [0.25, 0.3) is 0 Å². The molecule has 2 unspecified atom stereocenters. The van der Waals surface area contributed by atoms with Gasteiger partial charge in [-0.25, -0.2) is 0 Å². The number of hydrogen-bond acceptors (Lipinski definition) is 7. The maximum absolute atomic E-state index is 13.2. The predicted molar refractivity (Wildman–Crippen MR) is 145 cm³/mol. The second-order valence-corrected chi connectivity index (χ2v) is 9.03. The first-order valence-electron chi connectivity index (χ1n) is 12.6. The van der Waals surface area contributed by atoms with Crippen LogP contribution in [-0.2, 0) is 20.8 Å². The highest BCUT2D eigenvalue weighted by Crippen LogP contribution is 2.17. The van der Waals surface area contributed by atoms with Crippen LogP contribution in [0.1, 0.15) is 32.3 Å². The lowest BCUT2D eigenvalue weighted by Crippen LogP contribution is -2.52. The van der Waals surface area contributed by atoms with Crippen molar-refractivity contribution in [2.75, 3.05) is 31.5 Å². The van der Waals surface area contributed by atoms with E-state index in [9.17, 15) is 14.4 Å². The fraction of sp³-hybridized carbons (Fsp3) is 0.444. The SMILES string of the molecule is CC(C)Oc1ccc(NC(=O)C(CCc2ccccc2)NC(=O)C(N)CC(=O)N(CCN)CCN)cc1. The molecular formula is C27H40N6O4. The zero-order chi connectivity index (χ0) is 27.2. The first kappa shape index (κ1) is 29.8. The third-order valence-corrected chi connectivity index (χ3v) is 5.57. The zero-order valence-electron chi connectivity index (χ0n) is 21.7. The maximum Gasteiger partial charge on any atom is 0.246 e. The van der Waals surface area contributed by atoms with Crippen LogP contribution in [0.3, 0.4) is 0 Å². The number of benzene rings is 2. The molecule has 0 saturated heterocycles. The Kier molecular flexibility index (Phi) is 12.5. The first-order chi connectivity index (χ1) is 17.7. The summed E-state index contributed by atoms with van der Waals surface area (Å²) >= 11 is 0. The van der Waals surface area contributed by atoms with Crippen molar-refractivity contribution in [3.63, 3.8) is 0 Å². The second-order valence-electron chi connectivity index (χ2n) is 9.03. The van der Waals surface area contributed by atoms with E-state index < -0.39 is 18.0 Å². The van der Waals surface area contributed by atoms with Gasteiger partial charge in [-0.15, -0.1) is 0 Å². The van der Waals surface area contributed by atoms with Gasteiger partial charge in [0.15, 0.2) is 0 Å². The Balaban J connectivity index is 2.07. The number of ether oxygens (including phenoxy) is 1. The summed E-state index contributed by atoms with van der Waals surface area (Å²) in [7, 11) is 0. The molecule has 0 radical (unpaired) electrons. The molecule has 37 heavy (non-hydrogen) atoms. The molecule has 3 amide bonds. The summed E-state index contributed by atoms with van der Waals surface area (Å²) in [6.07, 6.45) is 0.737. The Morgan fingerprint density at radius 3 is 2.11 bits per heavy atom. The summed E-state index contributed by atoms with van der Waals surface area (Å²) < 4.78 is 5.64. The summed E-state index contributed by atoms with van der Waals surface area (Å²) in [6.45, 7) is 5.07. The minimum Gasteiger partial charge on any atom is -0.491 e. The smallest absolute Gasteiger partial charge is 0.246 e. The van der Waals surface area contributed by atoms with E-state index in [1.807, 2.05) is 44.2 Å². The van der Waals surface area contributed by atoms with Gasteiger partial charge in [-0.1, -0.05) is 30.3 Å². The van der Waals surface area contributed by atoms with Gasteiger partial charge < -0.3 is 37.5 Å². The fourth-order valence-electron chi connectivity index (χ4n) is 3.70. The van der Waals surface area contributed by atoms with Crippen molar-refractivity contribution in [2.45, 2.75) is 51.3 Å². The van der Waals surface area contributed by atoms with Crippen molar-refractivity contribution in [3.05, 3.63) is 60.2 Å². The molecule has 0 bridgehead atoms. The summed E-state index contributed by atoms with van der Waals surface area (Å²) in [5.41, 5.74) is 18.8. The lowest BCUT2D eigenvalue weighted by molar-refractivity contribution is -0.134. The van der Waals surface area contributed by atoms with E-state index in [1.54, 1.807) is 24.3 Å². The first-order valence-corrected chi connectivity index (χ1v) is 12.6. The molecule has 0 aromatic heterocycles. The number of nitrogens with two attached hydrogens (primary N) is 3. The standard InChI is InChI=1S/C27H40N6O4/c1-19(2)37-22-11-9-21(10-12-22)31-27(36)24(13-8-20-6-4-3-5-7-20)32-26(35)23(30)18-25(34)33(16-14-28)17-15-29/h3-7,9-12,19,23-24H,8,13-18,28-30H2,1-2H3,(H,31,36)(H,32,35). The molecule has 0 spiro atoms. The number of carbonyl (C=O) groups is 3.